The van der Waals surface area contributed by atoms with Gasteiger partial charge in [-0.15, -0.1) is 10.2 Å². The van der Waals surface area contributed by atoms with Crippen LogP contribution in [0.25, 0.3) is 11.3 Å². The van der Waals surface area contributed by atoms with E-state index in [4.69, 9.17) is 0 Å². The number of aromatic nitrogens is 2. The standard InChI is InChI=1S/C14H16BrFN4/c1-17-7-8-20(2)14-6-5-13(18-19-14)11-9-10(15)3-4-12(11)16/h3-6,9,17H,7-8H2,1-2H3. The molecule has 0 aliphatic heterocycles. The number of rotatable bonds is 5. The highest BCUT2D eigenvalue weighted by Gasteiger charge is 2.09. The van der Waals surface area contributed by atoms with Crippen molar-refractivity contribution in [2.24, 2.45) is 0 Å². The fraction of sp³-hybridized carbons (Fsp3) is 0.286. The van der Waals surface area contributed by atoms with Gasteiger partial charge in [-0.05, 0) is 37.4 Å². The summed E-state index contributed by atoms with van der Waals surface area (Å²) in [5.74, 6) is 0.457. The second kappa shape index (κ2) is 6.76. The van der Waals surface area contributed by atoms with Gasteiger partial charge in [0.25, 0.3) is 0 Å². The van der Waals surface area contributed by atoms with Crippen LogP contribution in [0.4, 0.5) is 10.2 Å². The lowest BCUT2D eigenvalue weighted by molar-refractivity contribution is 0.630. The summed E-state index contributed by atoms with van der Waals surface area (Å²) in [6.07, 6.45) is 0. The average molecular weight is 339 g/mol. The van der Waals surface area contributed by atoms with Crippen LogP contribution in [-0.4, -0.2) is 37.4 Å². The summed E-state index contributed by atoms with van der Waals surface area (Å²) in [6.45, 7) is 1.69. The first kappa shape index (κ1) is 14.9. The van der Waals surface area contributed by atoms with E-state index in [2.05, 4.69) is 31.4 Å². The lowest BCUT2D eigenvalue weighted by atomic mass is 10.1. The van der Waals surface area contributed by atoms with Crippen molar-refractivity contribution in [3.05, 3.63) is 40.6 Å². The molecule has 0 amide bonds. The highest BCUT2D eigenvalue weighted by Crippen LogP contribution is 2.25. The Morgan fingerprint density at radius 2 is 2.05 bits per heavy atom. The van der Waals surface area contributed by atoms with Crippen LogP contribution >= 0.6 is 15.9 Å². The van der Waals surface area contributed by atoms with E-state index in [0.717, 1.165) is 23.4 Å². The highest BCUT2D eigenvalue weighted by atomic mass is 79.9. The van der Waals surface area contributed by atoms with Gasteiger partial charge in [-0.1, -0.05) is 15.9 Å². The molecule has 2 rings (SSSR count). The molecular formula is C14H16BrFN4. The van der Waals surface area contributed by atoms with Crippen LogP contribution in [0.15, 0.2) is 34.8 Å². The average Bonchev–Trinajstić information content (AvgIpc) is 2.47. The minimum absolute atomic E-state index is 0.307. The Morgan fingerprint density at radius 1 is 1.25 bits per heavy atom. The zero-order chi connectivity index (χ0) is 14.5. The van der Waals surface area contributed by atoms with Gasteiger partial charge in [-0.25, -0.2) is 4.39 Å². The Balaban J connectivity index is 2.21. The van der Waals surface area contributed by atoms with E-state index >= 15 is 0 Å². The van der Waals surface area contributed by atoms with Crippen molar-refractivity contribution in [1.29, 1.82) is 0 Å². The molecule has 1 N–H and O–H groups in total. The molecule has 0 atom stereocenters. The number of anilines is 1. The molecule has 106 valence electrons. The molecule has 0 spiro atoms. The molecule has 0 fully saturated rings. The van der Waals surface area contributed by atoms with Crippen LogP contribution in [0.5, 0.6) is 0 Å². The summed E-state index contributed by atoms with van der Waals surface area (Å²) in [5, 5.41) is 11.3. The minimum Gasteiger partial charge on any atom is -0.357 e. The minimum atomic E-state index is -0.307. The van der Waals surface area contributed by atoms with Crippen molar-refractivity contribution in [3.63, 3.8) is 0 Å². The fourth-order valence-corrected chi connectivity index (χ4v) is 2.12. The van der Waals surface area contributed by atoms with Crippen LogP contribution in [-0.2, 0) is 0 Å². The van der Waals surface area contributed by atoms with Crippen molar-refractivity contribution in [3.8, 4) is 11.3 Å². The van der Waals surface area contributed by atoms with Gasteiger partial charge in [0.2, 0.25) is 0 Å². The maximum atomic E-state index is 13.8. The summed E-state index contributed by atoms with van der Waals surface area (Å²) < 4.78 is 14.6. The van der Waals surface area contributed by atoms with Crippen molar-refractivity contribution in [2.45, 2.75) is 0 Å². The molecule has 1 aromatic carbocycles. The second-order valence-electron chi connectivity index (χ2n) is 4.43. The van der Waals surface area contributed by atoms with Gasteiger partial charge in [0.05, 0.1) is 5.69 Å². The topological polar surface area (TPSA) is 41.0 Å². The summed E-state index contributed by atoms with van der Waals surface area (Å²) in [6, 6.07) is 8.39. The molecule has 0 bridgehead atoms. The molecule has 2 aromatic rings. The van der Waals surface area contributed by atoms with E-state index in [-0.39, 0.29) is 5.82 Å². The van der Waals surface area contributed by atoms with Gasteiger partial charge in [0.1, 0.15) is 5.82 Å². The molecule has 1 aromatic heterocycles. The van der Waals surface area contributed by atoms with E-state index in [1.54, 1.807) is 18.2 Å². The van der Waals surface area contributed by atoms with Crippen LogP contribution in [0, 0.1) is 5.82 Å². The fourth-order valence-electron chi connectivity index (χ4n) is 1.76. The number of hydrogen-bond donors (Lipinski definition) is 1. The first-order chi connectivity index (χ1) is 9.61. The monoisotopic (exact) mass is 338 g/mol. The van der Waals surface area contributed by atoms with Gasteiger partial charge in [-0.2, -0.15) is 0 Å². The van der Waals surface area contributed by atoms with Crippen LogP contribution in [0.1, 0.15) is 0 Å². The van der Waals surface area contributed by atoms with E-state index in [1.807, 2.05) is 25.1 Å². The zero-order valence-electron chi connectivity index (χ0n) is 11.4. The van der Waals surface area contributed by atoms with Gasteiger partial charge >= 0.3 is 0 Å². The van der Waals surface area contributed by atoms with Crippen LogP contribution in [0.2, 0.25) is 0 Å². The molecule has 4 nitrogen and oxygen atoms in total. The summed E-state index contributed by atoms with van der Waals surface area (Å²) in [7, 11) is 3.85. The number of nitrogens with zero attached hydrogens (tertiary/aromatic N) is 3. The summed E-state index contributed by atoms with van der Waals surface area (Å²) >= 11 is 3.33. The SMILES string of the molecule is CNCCN(C)c1ccc(-c2cc(Br)ccc2F)nn1. The second-order valence-corrected chi connectivity index (χ2v) is 5.34. The number of benzene rings is 1. The third kappa shape index (κ3) is 3.52. The Hall–Kier alpha value is -1.53. The third-order valence-electron chi connectivity index (χ3n) is 2.94. The Bertz CT molecular complexity index is 574. The Labute approximate surface area is 126 Å². The molecule has 0 saturated heterocycles. The molecule has 0 aliphatic carbocycles. The number of halogens is 2. The predicted molar refractivity (Wildman–Crippen MR) is 82.3 cm³/mol. The zero-order valence-corrected chi connectivity index (χ0v) is 13.0. The van der Waals surface area contributed by atoms with Crippen LogP contribution in [0.3, 0.4) is 0 Å². The maximum absolute atomic E-state index is 13.8. The third-order valence-corrected chi connectivity index (χ3v) is 3.44. The molecule has 1 heterocycles. The molecule has 0 saturated carbocycles. The first-order valence-corrected chi connectivity index (χ1v) is 7.06. The first-order valence-electron chi connectivity index (χ1n) is 6.26. The predicted octanol–water partition coefficient (Wildman–Crippen LogP) is 2.70. The Kier molecular flexibility index (Phi) is 5.03. The quantitative estimate of drug-likeness (QED) is 0.909. The number of hydrogen-bond acceptors (Lipinski definition) is 4. The van der Waals surface area contributed by atoms with Crippen molar-refractivity contribution in [1.82, 2.24) is 15.5 Å². The van der Waals surface area contributed by atoms with Crippen molar-refractivity contribution < 1.29 is 4.39 Å². The smallest absolute Gasteiger partial charge is 0.151 e. The molecule has 0 unspecified atom stereocenters. The van der Waals surface area contributed by atoms with Gasteiger partial charge < -0.3 is 10.2 Å². The summed E-state index contributed by atoms with van der Waals surface area (Å²) in [5.41, 5.74) is 0.964. The van der Waals surface area contributed by atoms with Gasteiger partial charge in [-0.3, -0.25) is 0 Å². The lowest BCUT2D eigenvalue weighted by Gasteiger charge is -2.17. The van der Waals surface area contributed by atoms with Crippen molar-refractivity contribution in [2.75, 3.05) is 32.1 Å². The van der Waals surface area contributed by atoms with Gasteiger partial charge in [0, 0.05) is 30.2 Å². The molecular weight excluding hydrogens is 323 g/mol. The Morgan fingerprint density at radius 3 is 2.70 bits per heavy atom. The summed E-state index contributed by atoms with van der Waals surface area (Å²) in [4.78, 5) is 1.99. The van der Waals surface area contributed by atoms with E-state index in [0.29, 0.717) is 11.3 Å². The largest absolute Gasteiger partial charge is 0.357 e. The van der Waals surface area contributed by atoms with Gasteiger partial charge in [0.15, 0.2) is 5.82 Å². The molecule has 0 aliphatic rings. The molecule has 0 radical (unpaired) electrons. The van der Waals surface area contributed by atoms with E-state index in [9.17, 15) is 4.39 Å². The molecule has 20 heavy (non-hydrogen) atoms. The lowest BCUT2D eigenvalue weighted by Crippen LogP contribution is -2.27. The highest BCUT2D eigenvalue weighted by molar-refractivity contribution is 9.10. The van der Waals surface area contributed by atoms with Crippen molar-refractivity contribution >= 4 is 21.7 Å². The normalized spacial score (nSPS) is 10.6. The van der Waals surface area contributed by atoms with Crippen LogP contribution < -0.4 is 10.2 Å². The maximum Gasteiger partial charge on any atom is 0.151 e. The van der Waals surface area contributed by atoms with E-state index < -0.39 is 0 Å². The molecule has 6 heteroatoms. The van der Waals surface area contributed by atoms with E-state index in [1.165, 1.54) is 6.07 Å². The number of nitrogens with one attached hydrogen (secondary N) is 1. The number of likely N-dealkylation sites (N-methyl/N-ethyl adjacent to an activating group) is 2.